The number of rotatable bonds is 9. The summed E-state index contributed by atoms with van der Waals surface area (Å²) in [6.45, 7) is 4.20. The van der Waals surface area contributed by atoms with Crippen LogP contribution in [0.25, 0.3) is 6.08 Å². The molecular weight excluding hydrogens is 524 g/mol. The van der Waals surface area contributed by atoms with Crippen LogP contribution < -0.4 is 9.47 Å². The van der Waals surface area contributed by atoms with Crippen molar-refractivity contribution in [3.8, 4) is 11.5 Å². The summed E-state index contributed by atoms with van der Waals surface area (Å²) in [5.41, 5.74) is 3.33. The van der Waals surface area contributed by atoms with Gasteiger partial charge in [0.15, 0.2) is 16.7 Å². The summed E-state index contributed by atoms with van der Waals surface area (Å²) < 4.78 is 11.8. The molecule has 0 saturated carbocycles. The third kappa shape index (κ3) is 6.27. The molecule has 7 nitrogen and oxygen atoms in total. The number of amides is 1. The van der Waals surface area contributed by atoms with E-state index in [2.05, 4.69) is 11.6 Å². The number of hydrogen-bond donors (Lipinski definition) is 1. The van der Waals surface area contributed by atoms with Crippen molar-refractivity contribution in [3.63, 3.8) is 0 Å². The number of amidine groups is 1. The fourth-order valence-electron chi connectivity index (χ4n) is 3.72. The highest BCUT2D eigenvalue weighted by molar-refractivity contribution is 8.18. The van der Waals surface area contributed by atoms with Gasteiger partial charge in [0.2, 0.25) is 0 Å². The van der Waals surface area contributed by atoms with E-state index in [4.69, 9.17) is 26.2 Å². The standard InChI is InChI=1S/C29H25ClN2O5S/c1-4-5-21-14-19(15-24(36-3)26(21)37-17-18-6-10-22(30)11-7-18)16-25-27(33)32(2)29(38-25)31-23-12-8-20(9-13-23)28(34)35/h4,6-16H,1,5,17H2,2-3H3,(H,34,35)/b25-16-,31-29?. The predicted octanol–water partition coefficient (Wildman–Crippen LogP) is 6.59. The van der Waals surface area contributed by atoms with Crippen molar-refractivity contribution in [2.45, 2.75) is 13.0 Å². The van der Waals surface area contributed by atoms with E-state index in [0.717, 1.165) is 16.7 Å². The van der Waals surface area contributed by atoms with E-state index in [-0.39, 0.29) is 11.5 Å². The number of halogens is 1. The first kappa shape index (κ1) is 27.0. The van der Waals surface area contributed by atoms with E-state index in [1.54, 1.807) is 38.4 Å². The van der Waals surface area contributed by atoms with Crippen LogP contribution in [0.1, 0.15) is 27.0 Å². The van der Waals surface area contributed by atoms with Gasteiger partial charge in [-0.25, -0.2) is 9.79 Å². The zero-order chi connectivity index (χ0) is 27.2. The number of ether oxygens (including phenoxy) is 2. The Morgan fingerprint density at radius 2 is 1.87 bits per heavy atom. The molecule has 38 heavy (non-hydrogen) atoms. The second-order valence-electron chi connectivity index (χ2n) is 8.34. The van der Waals surface area contributed by atoms with Crippen LogP contribution >= 0.6 is 23.4 Å². The second kappa shape index (κ2) is 12.0. The smallest absolute Gasteiger partial charge is 0.335 e. The van der Waals surface area contributed by atoms with Crippen LogP contribution in [0.15, 0.2) is 83.2 Å². The average molecular weight is 549 g/mol. The SMILES string of the molecule is C=CCc1cc(/C=C2\SC(=Nc3ccc(C(=O)O)cc3)N(C)C2=O)cc(OC)c1OCc1ccc(Cl)cc1. The van der Waals surface area contributed by atoms with Gasteiger partial charge in [0.25, 0.3) is 5.91 Å². The van der Waals surface area contributed by atoms with Crippen LogP contribution in [0, 0.1) is 0 Å². The van der Waals surface area contributed by atoms with Gasteiger partial charge in [-0.3, -0.25) is 9.69 Å². The molecule has 1 amide bonds. The van der Waals surface area contributed by atoms with Crippen LogP contribution in [0.5, 0.6) is 11.5 Å². The summed E-state index contributed by atoms with van der Waals surface area (Å²) in [5.74, 6) is -0.0479. The molecule has 1 fully saturated rings. The molecule has 4 rings (SSSR count). The number of carboxylic acid groups (broad SMARTS) is 1. The number of likely N-dealkylation sites (N-methyl/N-ethyl adjacent to an activating group) is 1. The van der Waals surface area contributed by atoms with Gasteiger partial charge < -0.3 is 14.6 Å². The monoisotopic (exact) mass is 548 g/mol. The van der Waals surface area contributed by atoms with Crippen molar-refractivity contribution in [2.75, 3.05) is 14.2 Å². The van der Waals surface area contributed by atoms with Crippen molar-refractivity contribution in [1.29, 1.82) is 0 Å². The van der Waals surface area contributed by atoms with Crippen molar-refractivity contribution in [2.24, 2.45) is 4.99 Å². The van der Waals surface area contributed by atoms with Crippen molar-refractivity contribution >= 4 is 52.2 Å². The lowest BCUT2D eigenvalue weighted by Gasteiger charge is -2.16. The molecule has 0 bridgehead atoms. The number of allylic oxidation sites excluding steroid dienone is 1. The first-order valence-electron chi connectivity index (χ1n) is 11.6. The van der Waals surface area contributed by atoms with E-state index in [0.29, 0.717) is 45.3 Å². The lowest BCUT2D eigenvalue weighted by atomic mass is 10.0. The van der Waals surface area contributed by atoms with E-state index < -0.39 is 5.97 Å². The Hall–Kier alpha value is -4.01. The van der Waals surface area contributed by atoms with E-state index >= 15 is 0 Å². The van der Waals surface area contributed by atoms with E-state index in [9.17, 15) is 9.59 Å². The topological polar surface area (TPSA) is 88.4 Å². The van der Waals surface area contributed by atoms with E-state index in [1.807, 2.05) is 36.4 Å². The summed E-state index contributed by atoms with van der Waals surface area (Å²) in [6, 6.07) is 17.4. The van der Waals surface area contributed by atoms with Crippen LogP contribution in [0.3, 0.4) is 0 Å². The minimum atomic E-state index is -1.01. The molecule has 0 atom stereocenters. The highest BCUT2D eigenvalue weighted by atomic mass is 35.5. The van der Waals surface area contributed by atoms with Crippen molar-refractivity contribution < 1.29 is 24.2 Å². The Morgan fingerprint density at radius 1 is 1.16 bits per heavy atom. The number of aliphatic imine (C=N–C) groups is 1. The zero-order valence-corrected chi connectivity index (χ0v) is 22.4. The molecular formula is C29H25ClN2O5S. The fraction of sp³-hybridized carbons (Fsp3) is 0.138. The van der Waals surface area contributed by atoms with Crippen LogP contribution in [-0.4, -0.2) is 41.2 Å². The molecule has 194 valence electrons. The summed E-state index contributed by atoms with van der Waals surface area (Å²) in [7, 11) is 3.22. The average Bonchev–Trinajstić information content (AvgIpc) is 3.16. The molecule has 3 aromatic rings. The quantitative estimate of drug-likeness (QED) is 0.240. The van der Waals surface area contributed by atoms with Crippen LogP contribution in [-0.2, 0) is 17.8 Å². The number of carbonyl (C=O) groups is 2. The van der Waals surface area contributed by atoms with Gasteiger partial charge in [0.1, 0.15) is 6.61 Å². The minimum absolute atomic E-state index is 0.169. The number of aromatic carboxylic acids is 1. The molecule has 0 spiro atoms. The molecule has 9 heteroatoms. The molecule has 3 aromatic carbocycles. The normalized spacial score (nSPS) is 15.2. The molecule has 0 aliphatic carbocycles. The molecule has 0 radical (unpaired) electrons. The van der Waals surface area contributed by atoms with Gasteiger partial charge in [-0.15, -0.1) is 6.58 Å². The van der Waals surface area contributed by atoms with Gasteiger partial charge in [-0.1, -0.05) is 29.8 Å². The fourth-order valence-corrected chi connectivity index (χ4v) is 4.83. The largest absolute Gasteiger partial charge is 0.493 e. The number of nitrogens with zero attached hydrogens (tertiary/aromatic N) is 2. The molecule has 1 aliphatic heterocycles. The number of benzene rings is 3. The lowest BCUT2D eigenvalue weighted by Crippen LogP contribution is -2.23. The summed E-state index contributed by atoms with van der Waals surface area (Å²) in [4.78, 5) is 30.5. The van der Waals surface area contributed by atoms with Crippen molar-refractivity contribution in [3.05, 3.63) is 106 Å². The summed E-state index contributed by atoms with van der Waals surface area (Å²) in [6.07, 6.45) is 4.12. The first-order valence-corrected chi connectivity index (χ1v) is 12.8. The van der Waals surface area contributed by atoms with Gasteiger partial charge in [0, 0.05) is 17.6 Å². The van der Waals surface area contributed by atoms with Gasteiger partial charge in [0.05, 0.1) is 23.3 Å². The Labute approximate surface area is 230 Å². The molecule has 1 heterocycles. The highest BCUT2D eigenvalue weighted by Gasteiger charge is 2.30. The van der Waals surface area contributed by atoms with Gasteiger partial charge >= 0.3 is 5.97 Å². The minimum Gasteiger partial charge on any atom is -0.493 e. The number of carbonyl (C=O) groups excluding carboxylic acids is 1. The maximum Gasteiger partial charge on any atom is 0.335 e. The van der Waals surface area contributed by atoms with E-state index in [1.165, 1.54) is 28.8 Å². The van der Waals surface area contributed by atoms with Gasteiger partial charge in [-0.2, -0.15) is 0 Å². The summed E-state index contributed by atoms with van der Waals surface area (Å²) in [5, 5.41) is 10.2. The third-order valence-corrected chi connectivity index (χ3v) is 6.99. The Morgan fingerprint density at radius 3 is 2.50 bits per heavy atom. The molecule has 0 aromatic heterocycles. The maximum absolute atomic E-state index is 13.0. The third-order valence-electron chi connectivity index (χ3n) is 5.68. The molecule has 1 saturated heterocycles. The van der Waals surface area contributed by atoms with Gasteiger partial charge in [-0.05, 0) is 83.9 Å². The highest BCUT2D eigenvalue weighted by Crippen LogP contribution is 2.38. The van der Waals surface area contributed by atoms with Crippen LogP contribution in [0.2, 0.25) is 5.02 Å². The number of hydrogen-bond acceptors (Lipinski definition) is 6. The molecule has 1 N–H and O–H groups in total. The Balaban J connectivity index is 1.60. The number of thioether (sulfide) groups is 1. The maximum atomic E-state index is 13.0. The Bertz CT molecular complexity index is 1430. The Kier molecular flexibility index (Phi) is 8.55. The van der Waals surface area contributed by atoms with Crippen molar-refractivity contribution in [1.82, 2.24) is 4.90 Å². The number of methoxy groups -OCH3 is 1. The number of carboxylic acids is 1. The first-order chi connectivity index (χ1) is 18.3. The zero-order valence-electron chi connectivity index (χ0n) is 20.8. The van der Waals surface area contributed by atoms with Crippen LogP contribution in [0.4, 0.5) is 5.69 Å². The second-order valence-corrected chi connectivity index (χ2v) is 9.79. The summed E-state index contributed by atoms with van der Waals surface area (Å²) >= 11 is 7.22. The lowest BCUT2D eigenvalue weighted by molar-refractivity contribution is -0.121. The molecule has 1 aliphatic rings. The predicted molar refractivity (Wildman–Crippen MR) is 152 cm³/mol. The molecule has 0 unspecified atom stereocenters.